The van der Waals surface area contributed by atoms with Crippen molar-refractivity contribution in [1.82, 2.24) is 4.90 Å². The largest absolute Gasteiger partial charge is 0.507 e. The fourth-order valence-corrected chi connectivity index (χ4v) is 2.53. The minimum atomic E-state index is -0.362. The molecule has 1 atom stereocenters. The number of aromatic hydroxyl groups is 1. The fraction of sp³-hybridized carbons (Fsp3) is 0.312. The predicted octanol–water partition coefficient (Wildman–Crippen LogP) is 2.41. The van der Waals surface area contributed by atoms with E-state index in [-0.39, 0.29) is 24.2 Å². The summed E-state index contributed by atoms with van der Waals surface area (Å²) in [7, 11) is 0. The maximum absolute atomic E-state index is 11.1. The Bertz CT molecular complexity index is 625. The smallest absolute Gasteiger partial charge is 0.231 e. The second-order valence-electron chi connectivity index (χ2n) is 4.93. The van der Waals surface area contributed by atoms with E-state index in [1.165, 1.54) is 0 Å². The first-order chi connectivity index (χ1) is 9.54. The number of nitrogens with zero attached hydrogens (tertiary/aromatic N) is 1. The molecule has 0 aromatic heterocycles. The van der Waals surface area contributed by atoms with Gasteiger partial charge >= 0.3 is 0 Å². The van der Waals surface area contributed by atoms with E-state index >= 15 is 0 Å². The molecule has 0 fully saturated rings. The quantitative estimate of drug-likeness (QED) is 0.878. The summed E-state index contributed by atoms with van der Waals surface area (Å²) in [6, 6.07) is 11.5. The molecule has 3 N–H and O–H groups in total. The van der Waals surface area contributed by atoms with E-state index in [0.717, 1.165) is 16.3 Å². The first kappa shape index (κ1) is 14.3. The van der Waals surface area contributed by atoms with Crippen molar-refractivity contribution in [2.75, 3.05) is 13.1 Å². The Morgan fingerprint density at radius 3 is 2.65 bits per heavy atom. The Hall–Kier alpha value is -2.07. The van der Waals surface area contributed by atoms with Gasteiger partial charge in [0.1, 0.15) is 5.75 Å². The maximum atomic E-state index is 11.1. The molecule has 0 aliphatic rings. The van der Waals surface area contributed by atoms with Crippen molar-refractivity contribution in [3.63, 3.8) is 0 Å². The van der Waals surface area contributed by atoms with Crippen molar-refractivity contribution in [2.24, 2.45) is 5.73 Å². The average molecular weight is 272 g/mol. The second kappa shape index (κ2) is 5.92. The highest BCUT2D eigenvalue weighted by atomic mass is 16.3. The number of rotatable bonds is 5. The van der Waals surface area contributed by atoms with Crippen molar-refractivity contribution in [3.05, 3.63) is 42.0 Å². The van der Waals surface area contributed by atoms with Gasteiger partial charge in [-0.05, 0) is 18.9 Å². The van der Waals surface area contributed by atoms with Gasteiger partial charge in [-0.2, -0.15) is 0 Å². The van der Waals surface area contributed by atoms with Crippen LogP contribution in [0.4, 0.5) is 0 Å². The van der Waals surface area contributed by atoms with Gasteiger partial charge in [0.05, 0.1) is 6.54 Å². The Kier molecular flexibility index (Phi) is 4.25. The number of hydrogen-bond donors (Lipinski definition) is 2. The van der Waals surface area contributed by atoms with Crippen LogP contribution in [0.15, 0.2) is 36.4 Å². The number of benzene rings is 2. The summed E-state index contributed by atoms with van der Waals surface area (Å²) >= 11 is 0. The lowest BCUT2D eigenvalue weighted by Crippen LogP contribution is -2.35. The standard InChI is InChI=1S/C16H20N2O2/c1-3-18(10-15(17)19)11(2)13-9-8-12-6-4-5-7-14(12)16(13)20/h4-9,11,20H,3,10H2,1-2H3,(H2,17,19). The molecule has 4 heteroatoms. The van der Waals surface area contributed by atoms with Crippen LogP contribution in [0.2, 0.25) is 0 Å². The molecule has 20 heavy (non-hydrogen) atoms. The Morgan fingerprint density at radius 1 is 1.30 bits per heavy atom. The zero-order valence-corrected chi connectivity index (χ0v) is 11.8. The van der Waals surface area contributed by atoms with Crippen LogP contribution in [0.3, 0.4) is 0 Å². The second-order valence-corrected chi connectivity index (χ2v) is 4.93. The maximum Gasteiger partial charge on any atom is 0.231 e. The van der Waals surface area contributed by atoms with Gasteiger partial charge in [-0.1, -0.05) is 43.3 Å². The number of phenols is 1. The average Bonchev–Trinajstić information content (AvgIpc) is 2.44. The minimum Gasteiger partial charge on any atom is -0.507 e. The van der Waals surface area contributed by atoms with Crippen LogP contribution in [0, 0.1) is 0 Å². The monoisotopic (exact) mass is 272 g/mol. The number of nitrogens with two attached hydrogens (primary N) is 1. The highest BCUT2D eigenvalue weighted by molar-refractivity contribution is 5.89. The van der Waals surface area contributed by atoms with Crippen molar-refractivity contribution < 1.29 is 9.90 Å². The number of primary amides is 1. The molecule has 0 spiro atoms. The summed E-state index contributed by atoms with van der Waals surface area (Å²) in [5, 5.41) is 12.3. The molecular weight excluding hydrogens is 252 g/mol. The third-order valence-corrected chi connectivity index (χ3v) is 3.69. The molecule has 0 aliphatic carbocycles. The van der Waals surface area contributed by atoms with E-state index < -0.39 is 0 Å². The zero-order chi connectivity index (χ0) is 14.7. The third-order valence-electron chi connectivity index (χ3n) is 3.69. The molecule has 106 valence electrons. The normalized spacial score (nSPS) is 12.8. The van der Waals surface area contributed by atoms with Crippen LogP contribution in [-0.4, -0.2) is 29.0 Å². The van der Waals surface area contributed by atoms with Gasteiger partial charge in [-0.15, -0.1) is 0 Å². The van der Waals surface area contributed by atoms with E-state index in [1.54, 1.807) is 0 Å². The van der Waals surface area contributed by atoms with Gasteiger partial charge in [-0.3, -0.25) is 9.69 Å². The van der Waals surface area contributed by atoms with Crippen molar-refractivity contribution in [3.8, 4) is 5.75 Å². The zero-order valence-electron chi connectivity index (χ0n) is 11.8. The molecule has 2 rings (SSSR count). The molecular formula is C16H20N2O2. The van der Waals surface area contributed by atoms with Gasteiger partial charge in [0.2, 0.25) is 5.91 Å². The molecule has 2 aromatic rings. The topological polar surface area (TPSA) is 66.6 Å². The van der Waals surface area contributed by atoms with E-state index in [2.05, 4.69) is 0 Å². The SMILES string of the molecule is CCN(CC(N)=O)C(C)c1ccc2ccccc2c1O. The molecule has 0 saturated carbocycles. The van der Waals surface area contributed by atoms with E-state index in [1.807, 2.05) is 55.1 Å². The summed E-state index contributed by atoms with van der Waals surface area (Å²) in [5.74, 6) is -0.0856. The number of phenolic OH excluding ortho intramolecular Hbond substituents is 1. The third kappa shape index (κ3) is 2.75. The number of hydrogen-bond acceptors (Lipinski definition) is 3. The molecule has 2 aromatic carbocycles. The Morgan fingerprint density at radius 2 is 2.00 bits per heavy atom. The van der Waals surface area contributed by atoms with Crippen LogP contribution in [0.1, 0.15) is 25.5 Å². The van der Waals surface area contributed by atoms with Crippen molar-refractivity contribution >= 4 is 16.7 Å². The lowest BCUT2D eigenvalue weighted by molar-refractivity contribution is -0.119. The molecule has 0 heterocycles. The van der Waals surface area contributed by atoms with E-state index in [0.29, 0.717) is 6.54 Å². The number of carbonyl (C=O) groups is 1. The lowest BCUT2D eigenvalue weighted by Gasteiger charge is -2.27. The van der Waals surface area contributed by atoms with Crippen LogP contribution in [-0.2, 0) is 4.79 Å². The molecule has 1 unspecified atom stereocenters. The van der Waals surface area contributed by atoms with E-state index in [4.69, 9.17) is 5.73 Å². The van der Waals surface area contributed by atoms with Gasteiger partial charge in [0, 0.05) is 17.0 Å². The van der Waals surface area contributed by atoms with Crippen LogP contribution < -0.4 is 5.73 Å². The summed E-state index contributed by atoms with van der Waals surface area (Å²) in [5.41, 5.74) is 6.08. The molecule has 0 radical (unpaired) electrons. The van der Waals surface area contributed by atoms with Gasteiger partial charge < -0.3 is 10.8 Å². The number of carbonyl (C=O) groups excluding carboxylic acids is 1. The molecule has 0 saturated heterocycles. The summed E-state index contributed by atoms with van der Waals surface area (Å²) in [6.07, 6.45) is 0. The highest BCUT2D eigenvalue weighted by Gasteiger charge is 2.19. The highest BCUT2D eigenvalue weighted by Crippen LogP contribution is 2.34. The molecule has 4 nitrogen and oxygen atoms in total. The lowest BCUT2D eigenvalue weighted by atomic mass is 10.00. The first-order valence-electron chi connectivity index (χ1n) is 6.77. The van der Waals surface area contributed by atoms with Crippen molar-refractivity contribution in [1.29, 1.82) is 0 Å². The Labute approximate surface area is 118 Å². The molecule has 1 amide bonds. The van der Waals surface area contributed by atoms with Crippen LogP contribution in [0.25, 0.3) is 10.8 Å². The predicted molar refractivity (Wildman–Crippen MR) is 80.5 cm³/mol. The number of fused-ring (bicyclic) bond motifs is 1. The van der Waals surface area contributed by atoms with Gasteiger partial charge in [0.25, 0.3) is 0 Å². The number of likely N-dealkylation sites (N-methyl/N-ethyl adjacent to an activating group) is 1. The summed E-state index contributed by atoms with van der Waals surface area (Å²) < 4.78 is 0. The summed E-state index contributed by atoms with van der Waals surface area (Å²) in [6.45, 7) is 4.81. The minimum absolute atomic E-state index is 0.0721. The fourth-order valence-electron chi connectivity index (χ4n) is 2.53. The number of amides is 1. The van der Waals surface area contributed by atoms with Crippen LogP contribution in [0.5, 0.6) is 5.75 Å². The molecule has 0 aliphatic heterocycles. The van der Waals surface area contributed by atoms with Gasteiger partial charge in [0.15, 0.2) is 0 Å². The molecule has 0 bridgehead atoms. The summed E-state index contributed by atoms with van der Waals surface area (Å²) in [4.78, 5) is 13.1. The van der Waals surface area contributed by atoms with Gasteiger partial charge in [-0.25, -0.2) is 0 Å². The van der Waals surface area contributed by atoms with Crippen LogP contribution >= 0.6 is 0 Å². The van der Waals surface area contributed by atoms with E-state index in [9.17, 15) is 9.90 Å². The van der Waals surface area contributed by atoms with Crippen molar-refractivity contribution in [2.45, 2.75) is 19.9 Å². The first-order valence-corrected chi connectivity index (χ1v) is 6.77. The Balaban J connectivity index is 2.41.